The topological polar surface area (TPSA) is 63.3 Å². The van der Waals surface area contributed by atoms with E-state index in [9.17, 15) is 4.79 Å². The number of carboxylic acid groups (broad SMARTS) is 1. The van der Waals surface area contributed by atoms with Gasteiger partial charge in [0.05, 0.1) is 0 Å². The number of nitrogens with two attached hydrogens (primary N) is 1. The summed E-state index contributed by atoms with van der Waals surface area (Å²) in [5.41, 5.74) is 8.14. The minimum Gasteiger partial charge on any atom is -0.480 e. The molecule has 0 radical (unpaired) electrons. The predicted octanol–water partition coefficient (Wildman–Crippen LogP) is 2.28. The smallest absolute Gasteiger partial charge is 0.321 e. The highest BCUT2D eigenvalue weighted by molar-refractivity contribution is 5.85. The lowest BCUT2D eigenvalue weighted by Gasteiger charge is -2.16. The lowest BCUT2D eigenvalue weighted by molar-refractivity contribution is -0.139. The molecule has 0 saturated carbocycles. The summed E-state index contributed by atoms with van der Waals surface area (Å²) in [6.07, 6.45) is 1.75. The van der Waals surface area contributed by atoms with Gasteiger partial charge in [-0.05, 0) is 34.7 Å². The molecule has 3 rings (SSSR count). The second-order valence-corrected chi connectivity index (χ2v) is 4.91. The van der Waals surface area contributed by atoms with Crippen molar-refractivity contribution in [1.82, 2.24) is 0 Å². The summed E-state index contributed by atoms with van der Waals surface area (Å²) in [4.78, 5) is 11.0. The zero-order valence-corrected chi connectivity index (χ0v) is 9.97. The number of aryl methyl sites for hydroxylation is 1. The summed E-state index contributed by atoms with van der Waals surface area (Å²) >= 11 is 0. The van der Waals surface area contributed by atoms with E-state index in [1.165, 1.54) is 10.9 Å². The van der Waals surface area contributed by atoms with Crippen LogP contribution in [0.1, 0.15) is 23.5 Å². The van der Waals surface area contributed by atoms with E-state index in [0.29, 0.717) is 0 Å². The molecule has 0 saturated heterocycles. The highest BCUT2D eigenvalue weighted by Crippen LogP contribution is 2.37. The van der Waals surface area contributed by atoms with Crippen molar-refractivity contribution in [2.75, 3.05) is 0 Å². The van der Waals surface area contributed by atoms with E-state index in [4.69, 9.17) is 10.8 Å². The van der Waals surface area contributed by atoms with Crippen LogP contribution in [0.4, 0.5) is 0 Å². The zero-order valence-electron chi connectivity index (χ0n) is 9.97. The fourth-order valence-electron chi connectivity index (χ4n) is 2.88. The fourth-order valence-corrected chi connectivity index (χ4v) is 2.88. The Morgan fingerprint density at radius 1 is 1.28 bits per heavy atom. The Kier molecular flexibility index (Phi) is 2.56. The van der Waals surface area contributed by atoms with E-state index in [-0.39, 0.29) is 5.92 Å². The molecule has 2 aromatic carbocycles. The van der Waals surface area contributed by atoms with Gasteiger partial charge in [-0.2, -0.15) is 0 Å². The second-order valence-electron chi connectivity index (χ2n) is 4.91. The van der Waals surface area contributed by atoms with Crippen LogP contribution in [-0.2, 0) is 11.2 Å². The largest absolute Gasteiger partial charge is 0.480 e. The van der Waals surface area contributed by atoms with Gasteiger partial charge in [0.25, 0.3) is 0 Å². The first-order valence-corrected chi connectivity index (χ1v) is 6.17. The number of carboxylic acids is 1. The Morgan fingerprint density at radius 2 is 1.94 bits per heavy atom. The minimum absolute atomic E-state index is 0.0536. The molecule has 2 atom stereocenters. The Balaban J connectivity index is 2.10. The predicted molar refractivity (Wildman–Crippen MR) is 70.6 cm³/mol. The molecular weight excluding hydrogens is 226 g/mol. The third kappa shape index (κ3) is 1.68. The number of hydrogen-bond donors (Lipinski definition) is 2. The summed E-state index contributed by atoms with van der Waals surface area (Å²) in [5.74, 6) is -0.969. The Bertz CT molecular complexity index is 621. The normalized spacial score (nSPS) is 19.7. The second kappa shape index (κ2) is 4.10. The average molecular weight is 241 g/mol. The maximum absolute atomic E-state index is 11.0. The van der Waals surface area contributed by atoms with Crippen molar-refractivity contribution in [2.45, 2.75) is 24.8 Å². The molecule has 0 bridgehead atoms. The number of benzene rings is 2. The molecule has 3 heteroatoms. The lowest BCUT2D eigenvalue weighted by atomic mass is 9.92. The lowest BCUT2D eigenvalue weighted by Crippen LogP contribution is -2.35. The van der Waals surface area contributed by atoms with Crippen LogP contribution >= 0.6 is 0 Å². The van der Waals surface area contributed by atoms with Crippen LogP contribution in [0.2, 0.25) is 0 Å². The fraction of sp³-hybridized carbons (Fsp3) is 0.267. The highest BCUT2D eigenvalue weighted by Gasteiger charge is 2.31. The quantitative estimate of drug-likeness (QED) is 0.847. The van der Waals surface area contributed by atoms with Crippen LogP contribution in [0, 0.1) is 0 Å². The van der Waals surface area contributed by atoms with Gasteiger partial charge in [0, 0.05) is 5.92 Å². The zero-order chi connectivity index (χ0) is 12.7. The average Bonchev–Trinajstić information content (AvgIpc) is 2.77. The van der Waals surface area contributed by atoms with Gasteiger partial charge in [0.15, 0.2) is 0 Å². The highest BCUT2D eigenvalue weighted by atomic mass is 16.4. The van der Waals surface area contributed by atoms with Gasteiger partial charge in [-0.1, -0.05) is 36.4 Å². The van der Waals surface area contributed by atoms with Crippen molar-refractivity contribution >= 4 is 16.7 Å². The number of aliphatic carboxylic acids is 1. The van der Waals surface area contributed by atoms with Crippen molar-refractivity contribution in [2.24, 2.45) is 5.73 Å². The van der Waals surface area contributed by atoms with E-state index in [1.807, 2.05) is 12.1 Å². The molecule has 0 fully saturated rings. The van der Waals surface area contributed by atoms with Gasteiger partial charge in [0.2, 0.25) is 0 Å². The molecule has 92 valence electrons. The van der Waals surface area contributed by atoms with Crippen LogP contribution in [-0.4, -0.2) is 17.1 Å². The summed E-state index contributed by atoms with van der Waals surface area (Å²) in [6, 6.07) is 11.6. The van der Waals surface area contributed by atoms with Crippen LogP contribution < -0.4 is 5.73 Å². The number of hydrogen-bond acceptors (Lipinski definition) is 2. The van der Waals surface area contributed by atoms with Gasteiger partial charge in [-0.3, -0.25) is 4.79 Å². The van der Waals surface area contributed by atoms with Crippen LogP contribution in [0.15, 0.2) is 36.4 Å². The Hall–Kier alpha value is -1.87. The van der Waals surface area contributed by atoms with E-state index in [0.717, 1.165) is 23.8 Å². The van der Waals surface area contributed by atoms with Crippen molar-refractivity contribution < 1.29 is 9.90 Å². The third-order valence-corrected chi connectivity index (χ3v) is 3.85. The maximum Gasteiger partial charge on any atom is 0.321 e. The minimum atomic E-state index is -0.916. The van der Waals surface area contributed by atoms with Crippen LogP contribution in [0.3, 0.4) is 0 Å². The first-order chi connectivity index (χ1) is 8.66. The molecule has 3 nitrogen and oxygen atoms in total. The molecule has 2 aromatic rings. The van der Waals surface area contributed by atoms with E-state index >= 15 is 0 Å². The van der Waals surface area contributed by atoms with E-state index in [2.05, 4.69) is 24.3 Å². The maximum atomic E-state index is 11.0. The number of carbonyl (C=O) groups is 1. The first-order valence-electron chi connectivity index (χ1n) is 6.17. The van der Waals surface area contributed by atoms with Gasteiger partial charge in [0.1, 0.15) is 6.04 Å². The molecule has 0 unspecified atom stereocenters. The summed E-state index contributed by atoms with van der Waals surface area (Å²) in [5, 5.41) is 11.4. The Morgan fingerprint density at radius 3 is 2.61 bits per heavy atom. The molecule has 18 heavy (non-hydrogen) atoms. The van der Waals surface area contributed by atoms with E-state index in [1.54, 1.807) is 0 Å². The van der Waals surface area contributed by atoms with E-state index < -0.39 is 12.0 Å². The van der Waals surface area contributed by atoms with Crippen LogP contribution in [0.5, 0.6) is 0 Å². The summed E-state index contributed by atoms with van der Waals surface area (Å²) in [6.45, 7) is 0. The number of fused-ring (bicyclic) bond motifs is 2. The Labute approximate surface area is 105 Å². The molecular formula is C15H15NO2. The summed E-state index contributed by atoms with van der Waals surface area (Å²) < 4.78 is 0. The first kappa shape index (κ1) is 11.2. The molecule has 0 spiro atoms. The van der Waals surface area contributed by atoms with Crippen molar-refractivity contribution in [3.63, 3.8) is 0 Å². The van der Waals surface area contributed by atoms with Gasteiger partial charge in [-0.25, -0.2) is 0 Å². The number of rotatable bonds is 2. The third-order valence-electron chi connectivity index (χ3n) is 3.85. The summed E-state index contributed by atoms with van der Waals surface area (Å²) in [7, 11) is 0. The molecule has 0 aliphatic heterocycles. The monoisotopic (exact) mass is 241 g/mol. The SMILES string of the molecule is N[C@H](C(=O)O)[C@H]1CCc2cc3ccccc3cc21. The van der Waals surface area contributed by atoms with Gasteiger partial charge >= 0.3 is 5.97 Å². The van der Waals surface area contributed by atoms with Crippen molar-refractivity contribution in [3.8, 4) is 0 Å². The molecule has 0 amide bonds. The van der Waals surface area contributed by atoms with Gasteiger partial charge < -0.3 is 10.8 Å². The molecule has 1 aliphatic rings. The molecule has 0 aromatic heterocycles. The molecule has 0 heterocycles. The van der Waals surface area contributed by atoms with Crippen molar-refractivity contribution in [3.05, 3.63) is 47.5 Å². The van der Waals surface area contributed by atoms with Gasteiger partial charge in [-0.15, -0.1) is 0 Å². The molecule has 1 aliphatic carbocycles. The van der Waals surface area contributed by atoms with Crippen LogP contribution in [0.25, 0.3) is 10.8 Å². The van der Waals surface area contributed by atoms with Crippen molar-refractivity contribution in [1.29, 1.82) is 0 Å². The molecule has 3 N–H and O–H groups in total. The standard InChI is InChI=1S/C15H15NO2/c16-14(15(17)18)12-6-5-11-7-9-3-1-2-4-10(9)8-13(11)12/h1-4,7-8,12,14H,5-6,16H2,(H,17,18)/t12-,14-/m0/s1.